The standard InChI is InChI=1S/C9H11Cl.C9H11N3.C9H12O/c1-7-3-8(2)5-9(4-7)6-10;1-7-3-8(2)5-9(4-7)6-11-12-10;1-7-3-8(2)5-9(4-7)6-10/h3-5H,6H2,1-2H3;3-5H,6H2,1-2H3;3-5,10H,6H2,1-2H3. The summed E-state index contributed by atoms with van der Waals surface area (Å²) in [5.41, 5.74) is 18.8. The number of aryl methyl sites for hydroxylation is 6. The normalized spacial score (nSPS) is 9.62. The van der Waals surface area contributed by atoms with E-state index in [9.17, 15) is 0 Å². The Balaban J connectivity index is 0.000000241. The first-order chi connectivity index (χ1) is 15.2. The van der Waals surface area contributed by atoms with E-state index in [1.54, 1.807) is 0 Å². The average molecular weight is 452 g/mol. The van der Waals surface area contributed by atoms with Gasteiger partial charge in [0.05, 0.1) is 13.2 Å². The van der Waals surface area contributed by atoms with Gasteiger partial charge in [0.25, 0.3) is 0 Å². The summed E-state index contributed by atoms with van der Waals surface area (Å²) >= 11 is 5.67. The highest BCUT2D eigenvalue weighted by Crippen LogP contribution is 2.11. The van der Waals surface area contributed by atoms with Gasteiger partial charge in [-0.2, -0.15) is 0 Å². The predicted octanol–water partition coefficient (Wildman–Crippen LogP) is 7.95. The topological polar surface area (TPSA) is 69.0 Å². The van der Waals surface area contributed by atoms with Crippen molar-refractivity contribution in [2.75, 3.05) is 0 Å². The third-order valence-electron chi connectivity index (χ3n) is 4.50. The van der Waals surface area contributed by atoms with E-state index in [2.05, 4.69) is 54.2 Å². The number of aliphatic hydroxyl groups is 1. The highest BCUT2D eigenvalue weighted by atomic mass is 35.5. The number of aliphatic hydroxyl groups excluding tert-OH is 1. The maximum absolute atomic E-state index is 8.79. The molecule has 0 amide bonds. The van der Waals surface area contributed by atoms with Gasteiger partial charge in [-0.3, -0.25) is 0 Å². The summed E-state index contributed by atoms with van der Waals surface area (Å²) in [6.45, 7) is 12.9. The van der Waals surface area contributed by atoms with Crippen LogP contribution in [0.2, 0.25) is 0 Å². The van der Waals surface area contributed by atoms with Crippen LogP contribution in [-0.4, -0.2) is 5.11 Å². The van der Waals surface area contributed by atoms with Crippen molar-refractivity contribution in [3.05, 3.63) is 115 Å². The van der Waals surface area contributed by atoms with Crippen molar-refractivity contribution in [2.24, 2.45) is 5.11 Å². The molecule has 0 saturated heterocycles. The maximum atomic E-state index is 8.79. The number of halogens is 1. The van der Waals surface area contributed by atoms with Crippen molar-refractivity contribution in [3.8, 4) is 0 Å². The van der Waals surface area contributed by atoms with E-state index in [0.29, 0.717) is 12.4 Å². The molecule has 0 heterocycles. The first-order valence-corrected chi connectivity index (χ1v) is 11.1. The van der Waals surface area contributed by atoms with E-state index in [4.69, 9.17) is 22.2 Å². The predicted molar refractivity (Wildman–Crippen MR) is 136 cm³/mol. The van der Waals surface area contributed by atoms with E-state index in [1.807, 2.05) is 52.0 Å². The summed E-state index contributed by atoms with van der Waals surface area (Å²) in [7, 11) is 0. The molecule has 0 fully saturated rings. The molecule has 3 aromatic rings. The van der Waals surface area contributed by atoms with Gasteiger partial charge in [-0.15, -0.1) is 11.6 Å². The molecule has 0 atom stereocenters. The van der Waals surface area contributed by atoms with Crippen LogP contribution in [0.25, 0.3) is 10.4 Å². The van der Waals surface area contributed by atoms with E-state index < -0.39 is 0 Å². The molecule has 32 heavy (non-hydrogen) atoms. The Morgan fingerprint density at radius 3 is 1.31 bits per heavy atom. The smallest absolute Gasteiger partial charge is 0.0682 e. The molecule has 5 heteroatoms. The Labute approximate surface area is 197 Å². The summed E-state index contributed by atoms with van der Waals surface area (Å²) in [5.74, 6) is 0.614. The lowest BCUT2D eigenvalue weighted by Gasteiger charge is -2.00. The second-order valence-electron chi connectivity index (χ2n) is 8.17. The fourth-order valence-electron chi connectivity index (χ4n) is 3.58. The molecule has 170 valence electrons. The van der Waals surface area contributed by atoms with Crippen LogP contribution in [0.15, 0.2) is 59.7 Å². The van der Waals surface area contributed by atoms with Crippen LogP contribution in [0.4, 0.5) is 0 Å². The van der Waals surface area contributed by atoms with Crippen molar-refractivity contribution in [3.63, 3.8) is 0 Å². The molecule has 3 aromatic carbocycles. The Hall–Kier alpha value is -2.78. The second kappa shape index (κ2) is 14.3. The largest absolute Gasteiger partial charge is 0.392 e. The summed E-state index contributed by atoms with van der Waals surface area (Å²) in [5, 5.41) is 12.3. The Morgan fingerprint density at radius 1 is 0.656 bits per heavy atom. The molecule has 0 bridgehead atoms. The quantitative estimate of drug-likeness (QED) is 0.186. The van der Waals surface area contributed by atoms with Crippen LogP contribution < -0.4 is 0 Å². The van der Waals surface area contributed by atoms with Gasteiger partial charge < -0.3 is 5.11 Å². The number of alkyl halides is 1. The lowest BCUT2D eigenvalue weighted by atomic mass is 10.1. The van der Waals surface area contributed by atoms with Gasteiger partial charge >= 0.3 is 0 Å². The fraction of sp³-hybridized carbons (Fsp3) is 0.333. The zero-order valence-electron chi connectivity index (χ0n) is 20.0. The van der Waals surface area contributed by atoms with Gasteiger partial charge in [-0.25, -0.2) is 0 Å². The molecule has 0 aliphatic heterocycles. The van der Waals surface area contributed by atoms with Crippen molar-refractivity contribution in [2.45, 2.75) is 60.6 Å². The third kappa shape index (κ3) is 11.0. The van der Waals surface area contributed by atoms with Crippen molar-refractivity contribution >= 4 is 11.6 Å². The molecule has 0 unspecified atom stereocenters. The zero-order valence-corrected chi connectivity index (χ0v) is 20.7. The van der Waals surface area contributed by atoms with Gasteiger partial charge in [-0.1, -0.05) is 93.1 Å². The number of benzene rings is 3. The number of nitrogens with zero attached hydrogens (tertiary/aromatic N) is 3. The monoisotopic (exact) mass is 451 g/mol. The highest BCUT2D eigenvalue weighted by molar-refractivity contribution is 6.17. The van der Waals surface area contributed by atoms with Crippen molar-refractivity contribution in [1.82, 2.24) is 0 Å². The van der Waals surface area contributed by atoms with E-state index >= 15 is 0 Å². The summed E-state index contributed by atoms with van der Waals surface area (Å²) in [4.78, 5) is 2.72. The molecule has 3 rings (SSSR count). The van der Waals surface area contributed by atoms with Crippen molar-refractivity contribution in [1.29, 1.82) is 0 Å². The minimum atomic E-state index is 0.141. The van der Waals surface area contributed by atoms with Gasteiger partial charge in [0.2, 0.25) is 0 Å². The Bertz CT molecular complexity index is 945. The molecular formula is C27H34ClN3O. The lowest BCUT2D eigenvalue weighted by Crippen LogP contribution is -1.85. The van der Waals surface area contributed by atoms with Gasteiger partial charge in [0.1, 0.15) is 0 Å². The Morgan fingerprint density at radius 2 is 1.00 bits per heavy atom. The summed E-state index contributed by atoms with van der Waals surface area (Å²) in [6, 6.07) is 18.6. The molecule has 0 aliphatic carbocycles. The summed E-state index contributed by atoms with van der Waals surface area (Å²) in [6.07, 6.45) is 0. The minimum absolute atomic E-state index is 0.141. The zero-order chi connectivity index (χ0) is 24.1. The molecule has 1 N–H and O–H groups in total. The number of azide groups is 1. The van der Waals surface area contributed by atoms with Crippen LogP contribution >= 0.6 is 11.6 Å². The second-order valence-corrected chi connectivity index (χ2v) is 8.44. The molecule has 0 aliphatic rings. The number of rotatable bonds is 4. The van der Waals surface area contributed by atoms with Crippen molar-refractivity contribution < 1.29 is 5.11 Å². The molecule has 0 spiro atoms. The molecule has 4 nitrogen and oxygen atoms in total. The SMILES string of the molecule is Cc1cc(C)cc(CCl)c1.Cc1cc(C)cc(CN=[N+]=[N-])c1.Cc1cc(C)cc(CO)c1. The van der Waals surface area contributed by atoms with Gasteiger partial charge in [-0.05, 0) is 63.8 Å². The fourth-order valence-corrected chi connectivity index (χ4v) is 3.73. The van der Waals surface area contributed by atoms with Crippen LogP contribution in [0.1, 0.15) is 50.1 Å². The first-order valence-electron chi connectivity index (χ1n) is 10.6. The van der Waals surface area contributed by atoms with Crippen LogP contribution in [0, 0.1) is 41.5 Å². The molecule has 0 radical (unpaired) electrons. The van der Waals surface area contributed by atoms with E-state index in [0.717, 1.165) is 11.1 Å². The summed E-state index contributed by atoms with van der Waals surface area (Å²) < 4.78 is 0. The number of hydrogen-bond acceptors (Lipinski definition) is 2. The van der Waals surface area contributed by atoms with E-state index in [1.165, 1.54) is 38.9 Å². The number of hydrogen-bond donors (Lipinski definition) is 1. The van der Waals surface area contributed by atoms with Gasteiger partial charge in [0.15, 0.2) is 0 Å². The third-order valence-corrected chi connectivity index (χ3v) is 4.81. The lowest BCUT2D eigenvalue weighted by molar-refractivity contribution is 0.281. The molecule has 0 aromatic heterocycles. The van der Waals surface area contributed by atoms with Crippen LogP contribution in [-0.2, 0) is 19.0 Å². The van der Waals surface area contributed by atoms with Crippen LogP contribution in [0.3, 0.4) is 0 Å². The molecule has 0 saturated carbocycles. The van der Waals surface area contributed by atoms with Gasteiger partial charge in [0, 0.05) is 10.8 Å². The highest BCUT2D eigenvalue weighted by Gasteiger charge is 1.94. The Kier molecular flexibility index (Phi) is 12.2. The van der Waals surface area contributed by atoms with Crippen LogP contribution in [0.5, 0.6) is 0 Å². The average Bonchev–Trinajstić information content (AvgIpc) is 2.71. The minimum Gasteiger partial charge on any atom is -0.392 e. The molecular weight excluding hydrogens is 418 g/mol. The maximum Gasteiger partial charge on any atom is 0.0682 e. The van der Waals surface area contributed by atoms with E-state index in [-0.39, 0.29) is 6.61 Å². The first kappa shape index (κ1) is 27.3.